The normalized spacial score (nSPS) is 12.5. The molecular weight excluding hydrogens is 717 g/mol. The second-order valence-electron chi connectivity index (χ2n) is 15.1. The minimum atomic E-state index is 0.831. The number of para-hydroxylation sites is 8. The fourth-order valence-electron chi connectivity index (χ4n) is 9.45. The number of hydrogen-bond donors (Lipinski definition) is 0. The Morgan fingerprint density at radius 2 is 0.862 bits per heavy atom. The quantitative estimate of drug-likeness (QED) is 0.181. The van der Waals surface area contributed by atoms with E-state index in [0.717, 1.165) is 122 Å². The van der Waals surface area contributed by atoms with Crippen molar-refractivity contribution in [2.75, 3.05) is 0 Å². The molecule has 14 aromatic rings. The third kappa shape index (κ3) is 3.87. The van der Waals surface area contributed by atoms with Crippen molar-refractivity contribution in [3.63, 3.8) is 0 Å². The highest BCUT2D eigenvalue weighted by Crippen LogP contribution is 2.40. The fraction of sp³-hybridized carbons (Fsp3) is 0. The van der Waals surface area contributed by atoms with Crippen LogP contribution in [0.5, 0.6) is 0 Å². The number of fused-ring (bicyclic) bond motifs is 16. The van der Waals surface area contributed by atoms with Gasteiger partial charge in [0.1, 0.15) is 22.3 Å². The Balaban J connectivity index is 0.962. The van der Waals surface area contributed by atoms with Gasteiger partial charge in [0.15, 0.2) is 0 Å². The van der Waals surface area contributed by atoms with Crippen LogP contribution >= 0.6 is 0 Å². The van der Waals surface area contributed by atoms with Gasteiger partial charge in [0.2, 0.25) is 11.6 Å². The summed E-state index contributed by atoms with van der Waals surface area (Å²) in [5.74, 6) is 1.75. The molecule has 270 valence electrons. The van der Waals surface area contributed by atoms with Crippen molar-refractivity contribution in [2.45, 2.75) is 0 Å². The van der Waals surface area contributed by atoms with E-state index in [2.05, 4.69) is 176 Å². The van der Waals surface area contributed by atoms with Crippen molar-refractivity contribution in [3.05, 3.63) is 170 Å². The van der Waals surface area contributed by atoms with E-state index in [4.69, 9.17) is 18.8 Å². The molecule has 0 atom stereocenters. The maximum Gasteiger partial charge on any atom is 0.220 e. The van der Waals surface area contributed by atoms with E-state index in [9.17, 15) is 0 Å². The van der Waals surface area contributed by atoms with Crippen molar-refractivity contribution in [3.8, 4) is 22.5 Å². The summed E-state index contributed by atoms with van der Waals surface area (Å²) in [5, 5.41) is 4.20. The molecule has 0 aliphatic rings. The van der Waals surface area contributed by atoms with Crippen LogP contribution in [-0.4, -0.2) is 27.9 Å². The lowest BCUT2D eigenvalue weighted by molar-refractivity contribution is 0.668. The number of hydrogen-bond acceptors (Lipinski definition) is 4. The van der Waals surface area contributed by atoms with Crippen LogP contribution in [0.4, 0.5) is 0 Å². The van der Waals surface area contributed by atoms with Crippen LogP contribution in [0, 0.1) is 0 Å². The van der Waals surface area contributed by atoms with Crippen LogP contribution in [-0.2, 0) is 0 Å². The molecule has 0 radical (unpaired) electrons. The molecule has 0 N–H and O–H groups in total. The Morgan fingerprint density at radius 1 is 0.362 bits per heavy atom. The first-order valence-corrected chi connectivity index (χ1v) is 19.4. The molecule has 6 aromatic heterocycles. The highest BCUT2D eigenvalue weighted by atomic mass is 16.3. The number of nitrogens with zero attached hydrogens (tertiary/aromatic N) is 6. The highest BCUT2D eigenvalue weighted by molar-refractivity contribution is 6.12. The Morgan fingerprint density at radius 3 is 1.53 bits per heavy atom. The van der Waals surface area contributed by atoms with Crippen LogP contribution in [0.2, 0.25) is 0 Å². The number of imidazole rings is 4. The monoisotopic (exact) mass is 744 g/mol. The summed E-state index contributed by atoms with van der Waals surface area (Å²) in [6.07, 6.45) is 0. The lowest BCUT2D eigenvalue weighted by Crippen LogP contribution is -1.95. The minimum absolute atomic E-state index is 0.831. The predicted octanol–water partition coefficient (Wildman–Crippen LogP) is 12.6. The van der Waals surface area contributed by atoms with Crippen molar-refractivity contribution in [2.24, 2.45) is 0 Å². The molecule has 0 amide bonds. The fourth-order valence-corrected chi connectivity index (χ4v) is 9.45. The molecule has 0 bridgehead atoms. The van der Waals surface area contributed by atoms with Gasteiger partial charge in [-0.2, -0.15) is 0 Å². The van der Waals surface area contributed by atoms with Crippen molar-refractivity contribution in [1.29, 1.82) is 0 Å². The van der Waals surface area contributed by atoms with Gasteiger partial charge in [0, 0.05) is 16.2 Å². The number of rotatable bonds is 3. The molecule has 8 nitrogen and oxygen atoms in total. The summed E-state index contributed by atoms with van der Waals surface area (Å²) in [4.78, 5) is 10.3. The zero-order valence-corrected chi connectivity index (χ0v) is 30.7. The van der Waals surface area contributed by atoms with E-state index in [1.807, 2.05) is 12.1 Å². The molecule has 0 aliphatic heterocycles. The van der Waals surface area contributed by atoms with Crippen LogP contribution in [0.3, 0.4) is 0 Å². The second kappa shape index (κ2) is 10.8. The van der Waals surface area contributed by atoms with Crippen molar-refractivity contribution in [1.82, 2.24) is 27.9 Å². The van der Waals surface area contributed by atoms with Gasteiger partial charge in [-0.15, -0.1) is 0 Å². The molecule has 0 spiro atoms. The molecule has 14 rings (SSSR count). The Labute approximate surface area is 327 Å². The molecule has 0 saturated heterocycles. The first-order valence-electron chi connectivity index (χ1n) is 19.4. The van der Waals surface area contributed by atoms with Crippen LogP contribution in [0.25, 0.3) is 122 Å². The summed E-state index contributed by atoms with van der Waals surface area (Å²) in [5.41, 5.74) is 16.1. The standard InChI is InChI=1S/C50H28N6O2/c1-3-12-37-35(10-1)51-49-53(39-14-5-6-15-40(39)54(37)49)31-22-25-45-33(28-31)32-26-29(20-23-44(32)57-45)30-21-24-46-34(27-30)48-43(18-9-19-47(48)58-46)56-42-17-8-7-16-41(42)55-38-13-4-2-11-36(38)52-50(55)56/h1-28H. The second-order valence-corrected chi connectivity index (χ2v) is 15.1. The molecule has 8 aromatic carbocycles. The lowest BCUT2D eigenvalue weighted by atomic mass is 10.00. The molecule has 58 heavy (non-hydrogen) atoms. The summed E-state index contributed by atoms with van der Waals surface area (Å²) >= 11 is 0. The number of benzene rings is 8. The number of aromatic nitrogens is 6. The Kier molecular flexibility index (Phi) is 5.62. The van der Waals surface area contributed by atoms with Crippen molar-refractivity contribution >= 4 is 99.6 Å². The zero-order chi connectivity index (χ0) is 37.6. The smallest absolute Gasteiger partial charge is 0.220 e. The van der Waals surface area contributed by atoms with Gasteiger partial charge in [-0.25, -0.2) is 9.97 Å². The van der Waals surface area contributed by atoms with Gasteiger partial charge in [0.05, 0.1) is 60.9 Å². The molecule has 0 fully saturated rings. The summed E-state index contributed by atoms with van der Waals surface area (Å²) in [7, 11) is 0. The topological polar surface area (TPSA) is 70.7 Å². The maximum absolute atomic E-state index is 6.54. The predicted molar refractivity (Wildman–Crippen MR) is 233 cm³/mol. The number of furan rings is 2. The molecule has 0 aliphatic carbocycles. The van der Waals surface area contributed by atoms with Gasteiger partial charge >= 0.3 is 0 Å². The van der Waals surface area contributed by atoms with E-state index in [1.165, 1.54) is 0 Å². The zero-order valence-electron chi connectivity index (χ0n) is 30.7. The minimum Gasteiger partial charge on any atom is -0.456 e. The lowest BCUT2D eigenvalue weighted by Gasteiger charge is -2.08. The maximum atomic E-state index is 6.54. The average molecular weight is 745 g/mol. The van der Waals surface area contributed by atoms with E-state index < -0.39 is 0 Å². The first kappa shape index (κ1) is 30.2. The largest absolute Gasteiger partial charge is 0.456 e. The molecule has 0 saturated carbocycles. The molecular formula is C50H28N6O2. The van der Waals surface area contributed by atoms with Crippen LogP contribution in [0.15, 0.2) is 179 Å². The van der Waals surface area contributed by atoms with Gasteiger partial charge in [-0.1, -0.05) is 66.7 Å². The van der Waals surface area contributed by atoms with Gasteiger partial charge in [-0.3, -0.25) is 17.9 Å². The summed E-state index contributed by atoms with van der Waals surface area (Å²) < 4.78 is 22.0. The molecule has 8 heteroatoms. The van der Waals surface area contributed by atoms with E-state index in [1.54, 1.807) is 0 Å². The Bertz CT molecular complexity index is 4060. The first-order chi connectivity index (χ1) is 28.7. The summed E-state index contributed by atoms with van der Waals surface area (Å²) in [6.45, 7) is 0. The summed E-state index contributed by atoms with van der Waals surface area (Å²) in [6, 6.07) is 59.3. The van der Waals surface area contributed by atoms with Crippen molar-refractivity contribution < 1.29 is 8.83 Å². The van der Waals surface area contributed by atoms with E-state index in [-0.39, 0.29) is 0 Å². The highest BCUT2D eigenvalue weighted by Gasteiger charge is 2.22. The van der Waals surface area contributed by atoms with Gasteiger partial charge < -0.3 is 8.83 Å². The SMILES string of the molecule is c1ccc2c(c1)nc1n(-c3ccc4oc5ccc(-c6ccc7oc8cccc(-n9c%10ccccc%10n%10c%11ccccc%11nc9%10)c8c7c6)cc5c4c3)c3ccccc3n21. The van der Waals surface area contributed by atoms with Crippen LogP contribution in [0.1, 0.15) is 0 Å². The molecule has 0 unspecified atom stereocenters. The van der Waals surface area contributed by atoms with Gasteiger partial charge in [0.25, 0.3) is 0 Å². The van der Waals surface area contributed by atoms with Crippen LogP contribution < -0.4 is 0 Å². The Hall–Kier alpha value is -8.10. The van der Waals surface area contributed by atoms with E-state index in [0.29, 0.717) is 0 Å². The van der Waals surface area contributed by atoms with E-state index >= 15 is 0 Å². The third-order valence-corrected chi connectivity index (χ3v) is 12.0. The average Bonchev–Trinajstić information content (AvgIpc) is 4.11. The third-order valence-electron chi connectivity index (χ3n) is 12.0. The molecule has 6 heterocycles. The van der Waals surface area contributed by atoms with Gasteiger partial charge in [-0.05, 0) is 114 Å².